The minimum absolute atomic E-state index is 0.0846. The summed E-state index contributed by atoms with van der Waals surface area (Å²) in [6, 6.07) is 7.17. The van der Waals surface area contributed by atoms with Gasteiger partial charge in [0.25, 0.3) is 5.91 Å². The molecule has 8 heteroatoms. The number of anilines is 1. The zero-order valence-corrected chi connectivity index (χ0v) is 14.4. The molecule has 24 heavy (non-hydrogen) atoms. The Morgan fingerprint density at radius 2 is 1.96 bits per heavy atom. The first-order valence-electron chi connectivity index (χ1n) is 7.19. The van der Waals surface area contributed by atoms with Crippen molar-refractivity contribution in [1.82, 2.24) is 0 Å². The number of halogens is 3. The van der Waals surface area contributed by atoms with Gasteiger partial charge >= 0.3 is 5.97 Å². The number of nitrogens with zero attached hydrogens (tertiary/aromatic N) is 2. The van der Waals surface area contributed by atoms with Crippen molar-refractivity contribution < 1.29 is 18.7 Å². The number of carbonyl (C=O) groups excluding carboxylic acids is 2. The Morgan fingerprint density at radius 1 is 1.38 bits per heavy atom. The van der Waals surface area contributed by atoms with Crippen LogP contribution < -0.4 is 4.90 Å². The van der Waals surface area contributed by atoms with Gasteiger partial charge in [0.2, 0.25) is 0 Å². The van der Waals surface area contributed by atoms with E-state index in [-0.39, 0.29) is 19.4 Å². The number of hydrogen-bond acceptors (Lipinski definition) is 4. The number of amides is 1. The summed E-state index contributed by atoms with van der Waals surface area (Å²) in [5.41, 5.74) is -0.613. The second-order valence-corrected chi connectivity index (χ2v) is 7.20. The van der Waals surface area contributed by atoms with Crippen molar-refractivity contribution >= 4 is 40.8 Å². The highest BCUT2D eigenvalue weighted by atomic mass is 35.5. The van der Waals surface area contributed by atoms with Crippen LogP contribution in [0.15, 0.2) is 24.3 Å². The molecule has 1 aliphatic rings. The first-order chi connectivity index (χ1) is 11.2. The first-order valence-corrected chi connectivity index (χ1v) is 7.95. The van der Waals surface area contributed by atoms with Crippen LogP contribution >= 0.6 is 23.2 Å². The summed E-state index contributed by atoms with van der Waals surface area (Å²) < 4.78 is 16.9. The number of alkyl halides is 2. The predicted molar refractivity (Wildman–Crippen MR) is 87.1 cm³/mol. The third-order valence-corrected chi connectivity index (χ3v) is 5.02. The average Bonchev–Trinajstić information content (AvgIpc) is 3.06. The fourth-order valence-corrected chi connectivity index (χ4v) is 2.86. The van der Waals surface area contributed by atoms with Crippen LogP contribution in [-0.2, 0) is 14.3 Å². The van der Waals surface area contributed by atoms with Crippen LogP contribution in [0.3, 0.4) is 0 Å². The lowest BCUT2D eigenvalue weighted by atomic mass is 10.1. The van der Waals surface area contributed by atoms with E-state index in [0.29, 0.717) is 5.69 Å². The fourth-order valence-electron chi connectivity index (χ4n) is 2.17. The molecule has 1 aromatic carbocycles. The molecule has 128 valence electrons. The van der Waals surface area contributed by atoms with Gasteiger partial charge in [-0.1, -0.05) is 0 Å². The van der Waals surface area contributed by atoms with Crippen molar-refractivity contribution in [2.75, 3.05) is 18.1 Å². The lowest BCUT2D eigenvalue weighted by molar-refractivity contribution is -0.152. The number of esters is 1. The summed E-state index contributed by atoms with van der Waals surface area (Å²) in [6.07, 6.45) is 0.341. The molecular weight excluding hydrogens is 358 g/mol. The van der Waals surface area contributed by atoms with E-state index < -0.39 is 34.0 Å². The average molecular weight is 373 g/mol. The Hall–Kier alpha value is -1.84. The summed E-state index contributed by atoms with van der Waals surface area (Å²) in [5.74, 6) is -1.62. The van der Waals surface area contributed by atoms with Gasteiger partial charge in [-0.15, -0.1) is 23.2 Å². The lowest BCUT2D eigenvalue weighted by Gasteiger charge is -2.22. The fraction of sp³-hybridized carbons (Fsp3) is 0.438. The van der Waals surface area contributed by atoms with Crippen molar-refractivity contribution in [3.63, 3.8) is 0 Å². The maximum atomic E-state index is 13.0. The van der Waals surface area contributed by atoms with Crippen molar-refractivity contribution in [2.24, 2.45) is 5.41 Å². The number of rotatable bonds is 6. The molecule has 0 aromatic heterocycles. The molecule has 0 saturated heterocycles. The van der Waals surface area contributed by atoms with Gasteiger partial charge in [-0.05, 0) is 31.2 Å². The second-order valence-electron chi connectivity index (χ2n) is 5.72. The van der Waals surface area contributed by atoms with E-state index in [1.54, 1.807) is 6.92 Å². The molecule has 0 aliphatic heterocycles. The van der Waals surface area contributed by atoms with Gasteiger partial charge in [-0.2, -0.15) is 5.26 Å². The monoisotopic (exact) mass is 372 g/mol. The molecule has 1 fully saturated rings. The van der Waals surface area contributed by atoms with E-state index in [1.165, 1.54) is 29.2 Å². The summed E-state index contributed by atoms with van der Waals surface area (Å²) in [7, 11) is 0. The lowest BCUT2D eigenvalue weighted by Crippen LogP contribution is -2.36. The van der Waals surface area contributed by atoms with E-state index in [0.717, 1.165) is 0 Å². The van der Waals surface area contributed by atoms with Gasteiger partial charge in [-0.3, -0.25) is 9.59 Å². The summed E-state index contributed by atoms with van der Waals surface area (Å²) in [6.45, 7) is 1.15. The Balaban J connectivity index is 2.02. The van der Waals surface area contributed by atoms with Crippen LogP contribution in [0, 0.1) is 22.6 Å². The van der Waals surface area contributed by atoms with Crippen LogP contribution in [-0.4, -0.2) is 29.4 Å². The Bertz CT molecular complexity index is 688. The normalized spacial score (nSPS) is 20.8. The number of nitriles is 1. The SMILES string of the molecule is C[C@]1(C(=O)OCC(=O)N(CCC#N)c2ccc(F)cc2)CC1(Cl)Cl. The van der Waals surface area contributed by atoms with Crippen LogP contribution in [0.25, 0.3) is 0 Å². The maximum Gasteiger partial charge on any atom is 0.315 e. The third-order valence-electron chi connectivity index (χ3n) is 3.92. The van der Waals surface area contributed by atoms with Gasteiger partial charge in [0.15, 0.2) is 6.61 Å². The molecule has 1 aromatic rings. The molecule has 1 amide bonds. The van der Waals surface area contributed by atoms with Crippen molar-refractivity contribution in [2.45, 2.75) is 24.1 Å². The number of ether oxygens (including phenoxy) is 1. The van der Waals surface area contributed by atoms with E-state index in [1.807, 2.05) is 6.07 Å². The molecule has 0 radical (unpaired) electrons. The molecule has 0 N–H and O–H groups in total. The van der Waals surface area contributed by atoms with E-state index in [9.17, 15) is 14.0 Å². The summed E-state index contributed by atoms with van der Waals surface area (Å²) >= 11 is 11.8. The topological polar surface area (TPSA) is 70.4 Å². The Morgan fingerprint density at radius 3 is 2.46 bits per heavy atom. The Kier molecular flexibility index (Phi) is 5.36. The van der Waals surface area contributed by atoms with Crippen LogP contribution in [0.1, 0.15) is 19.8 Å². The maximum absolute atomic E-state index is 13.0. The van der Waals surface area contributed by atoms with Crippen LogP contribution in [0.5, 0.6) is 0 Å². The quantitative estimate of drug-likeness (QED) is 0.567. The minimum Gasteiger partial charge on any atom is -0.455 e. The summed E-state index contributed by atoms with van der Waals surface area (Å²) in [4.78, 5) is 25.6. The van der Waals surface area contributed by atoms with Gasteiger partial charge in [0.1, 0.15) is 15.6 Å². The highest BCUT2D eigenvalue weighted by molar-refractivity contribution is 6.53. The van der Waals surface area contributed by atoms with Gasteiger partial charge in [0.05, 0.1) is 12.5 Å². The van der Waals surface area contributed by atoms with E-state index in [2.05, 4.69) is 0 Å². The molecule has 5 nitrogen and oxygen atoms in total. The number of benzene rings is 1. The van der Waals surface area contributed by atoms with Crippen LogP contribution in [0.4, 0.5) is 10.1 Å². The molecule has 0 bridgehead atoms. The largest absolute Gasteiger partial charge is 0.455 e. The highest BCUT2D eigenvalue weighted by Crippen LogP contribution is 2.64. The number of carbonyl (C=O) groups is 2. The minimum atomic E-state index is -1.18. The molecule has 1 aliphatic carbocycles. The van der Waals surface area contributed by atoms with Gasteiger partial charge in [-0.25, -0.2) is 4.39 Å². The zero-order valence-electron chi connectivity index (χ0n) is 12.9. The smallest absolute Gasteiger partial charge is 0.315 e. The van der Waals surface area contributed by atoms with Crippen molar-refractivity contribution in [3.8, 4) is 6.07 Å². The Labute approximate surface area is 148 Å². The molecule has 0 heterocycles. The van der Waals surface area contributed by atoms with E-state index in [4.69, 9.17) is 33.2 Å². The van der Waals surface area contributed by atoms with Crippen molar-refractivity contribution in [1.29, 1.82) is 5.26 Å². The first kappa shape index (κ1) is 18.5. The second kappa shape index (κ2) is 6.96. The van der Waals surface area contributed by atoms with Crippen molar-refractivity contribution in [3.05, 3.63) is 30.1 Å². The molecular formula is C16H15Cl2FN2O3. The summed E-state index contributed by atoms with van der Waals surface area (Å²) in [5, 5.41) is 8.72. The van der Waals surface area contributed by atoms with Crippen LogP contribution in [0.2, 0.25) is 0 Å². The van der Waals surface area contributed by atoms with Gasteiger partial charge < -0.3 is 9.64 Å². The molecule has 0 unspecified atom stereocenters. The molecule has 1 atom stereocenters. The molecule has 1 saturated carbocycles. The third kappa shape index (κ3) is 3.80. The van der Waals surface area contributed by atoms with Gasteiger partial charge in [0, 0.05) is 18.7 Å². The molecule has 0 spiro atoms. The predicted octanol–water partition coefficient (Wildman–Crippen LogP) is 3.20. The molecule has 2 rings (SSSR count). The zero-order chi connectivity index (χ0) is 18.0. The number of hydrogen-bond donors (Lipinski definition) is 0. The highest BCUT2D eigenvalue weighted by Gasteiger charge is 2.69. The van der Waals surface area contributed by atoms with E-state index >= 15 is 0 Å². The standard InChI is InChI=1S/C16H15Cl2FN2O3/c1-15(10-16(15,17)18)14(23)24-9-13(22)21(8-2-7-20)12-5-3-11(19)4-6-12/h3-6H,2,8-10H2,1H3/t15-/m1/s1.